The number of aromatic nitrogens is 3. The van der Waals surface area contributed by atoms with E-state index in [1.807, 2.05) is 19.1 Å². The number of nitrogen functional groups attached to an aromatic ring is 1. The van der Waals surface area contributed by atoms with Crippen LogP contribution in [-0.2, 0) is 0 Å². The van der Waals surface area contributed by atoms with Gasteiger partial charge >= 0.3 is 0 Å². The number of carbonyl (C=O) groups excluding carboxylic acids is 1. The van der Waals surface area contributed by atoms with E-state index in [0.717, 1.165) is 11.3 Å². The van der Waals surface area contributed by atoms with Crippen LogP contribution in [0, 0.1) is 6.92 Å². The van der Waals surface area contributed by atoms with E-state index in [-0.39, 0.29) is 11.6 Å². The summed E-state index contributed by atoms with van der Waals surface area (Å²) in [7, 11) is 0. The molecule has 126 valence electrons. The lowest BCUT2D eigenvalue weighted by molar-refractivity contribution is 0.0962. The third kappa shape index (κ3) is 3.81. The SMILES string of the molecule is Cc1ccccc1C(=O)NNc1ncnc(Nc2ccncc2)c1N. The van der Waals surface area contributed by atoms with Gasteiger partial charge in [-0.05, 0) is 30.7 Å². The molecule has 0 aliphatic rings. The number of aryl methyl sites for hydroxylation is 1. The molecule has 25 heavy (non-hydrogen) atoms. The van der Waals surface area contributed by atoms with Crippen molar-refractivity contribution in [3.63, 3.8) is 0 Å². The number of nitrogens with two attached hydrogens (primary N) is 1. The molecular formula is C17H17N7O. The Morgan fingerprint density at radius 3 is 2.52 bits per heavy atom. The number of nitrogens with one attached hydrogen (secondary N) is 3. The number of pyridine rings is 1. The number of rotatable bonds is 5. The third-order valence-electron chi connectivity index (χ3n) is 3.51. The number of nitrogens with zero attached hydrogens (tertiary/aromatic N) is 3. The number of anilines is 4. The normalized spacial score (nSPS) is 10.1. The highest BCUT2D eigenvalue weighted by molar-refractivity contribution is 5.96. The molecular weight excluding hydrogens is 318 g/mol. The van der Waals surface area contributed by atoms with Crippen LogP contribution in [0.15, 0.2) is 55.1 Å². The maximum absolute atomic E-state index is 12.2. The number of carbonyl (C=O) groups is 1. The number of hydrogen-bond donors (Lipinski definition) is 4. The highest BCUT2D eigenvalue weighted by Gasteiger charge is 2.11. The summed E-state index contributed by atoms with van der Waals surface area (Å²) in [6.07, 6.45) is 4.66. The number of hydrazine groups is 1. The molecule has 3 aromatic rings. The van der Waals surface area contributed by atoms with Gasteiger partial charge in [0.25, 0.3) is 5.91 Å². The van der Waals surface area contributed by atoms with Crippen LogP contribution < -0.4 is 21.9 Å². The van der Waals surface area contributed by atoms with Crippen molar-refractivity contribution < 1.29 is 4.79 Å². The molecule has 1 amide bonds. The van der Waals surface area contributed by atoms with E-state index in [9.17, 15) is 4.79 Å². The van der Waals surface area contributed by atoms with Gasteiger partial charge in [0.2, 0.25) is 0 Å². The Kier molecular flexibility index (Phi) is 4.70. The first-order valence-electron chi connectivity index (χ1n) is 7.54. The second-order valence-corrected chi connectivity index (χ2v) is 5.24. The average Bonchev–Trinajstić information content (AvgIpc) is 2.63. The van der Waals surface area contributed by atoms with Crippen LogP contribution in [0.5, 0.6) is 0 Å². The van der Waals surface area contributed by atoms with Gasteiger partial charge < -0.3 is 11.1 Å². The summed E-state index contributed by atoms with van der Waals surface area (Å²) in [5.41, 5.74) is 13.9. The number of hydrogen-bond acceptors (Lipinski definition) is 7. The predicted molar refractivity (Wildman–Crippen MR) is 96.2 cm³/mol. The van der Waals surface area contributed by atoms with Crippen molar-refractivity contribution in [1.29, 1.82) is 0 Å². The number of benzene rings is 1. The lowest BCUT2D eigenvalue weighted by Gasteiger charge is -2.13. The van der Waals surface area contributed by atoms with Crippen molar-refractivity contribution in [3.05, 3.63) is 66.2 Å². The van der Waals surface area contributed by atoms with E-state index in [1.54, 1.807) is 36.7 Å². The molecule has 0 spiro atoms. The molecule has 8 heteroatoms. The Balaban J connectivity index is 1.72. The fraction of sp³-hybridized carbons (Fsp3) is 0.0588. The van der Waals surface area contributed by atoms with Gasteiger partial charge in [0.15, 0.2) is 11.6 Å². The summed E-state index contributed by atoms with van der Waals surface area (Å²) in [4.78, 5) is 24.4. The van der Waals surface area contributed by atoms with Crippen molar-refractivity contribution in [2.75, 3.05) is 16.5 Å². The minimum Gasteiger partial charge on any atom is -0.393 e. The van der Waals surface area contributed by atoms with Gasteiger partial charge in [0, 0.05) is 23.6 Å². The van der Waals surface area contributed by atoms with E-state index in [2.05, 4.69) is 31.1 Å². The van der Waals surface area contributed by atoms with E-state index in [1.165, 1.54) is 6.33 Å². The van der Waals surface area contributed by atoms with Crippen LogP contribution in [0.1, 0.15) is 15.9 Å². The molecule has 0 aliphatic carbocycles. The predicted octanol–water partition coefficient (Wildman–Crippen LogP) is 2.26. The Morgan fingerprint density at radius 2 is 1.76 bits per heavy atom. The quantitative estimate of drug-likeness (QED) is 0.528. The van der Waals surface area contributed by atoms with E-state index < -0.39 is 0 Å². The number of amides is 1. The smallest absolute Gasteiger partial charge is 0.269 e. The minimum absolute atomic E-state index is 0.278. The summed E-state index contributed by atoms with van der Waals surface area (Å²) >= 11 is 0. The zero-order valence-electron chi connectivity index (χ0n) is 13.5. The average molecular weight is 335 g/mol. The molecule has 0 saturated carbocycles. The molecule has 0 radical (unpaired) electrons. The first-order chi connectivity index (χ1) is 12.1. The molecule has 0 fully saturated rings. The van der Waals surface area contributed by atoms with Crippen LogP contribution in [0.25, 0.3) is 0 Å². The first kappa shape index (κ1) is 16.2. The molecule has 0 atom stereocenters. The second kappa shape index (κ2) is 7.26. The minimum atomic E-state index is -0.278. The molecule has 1 aromatic carbocycles. The molecule has 0 unspecified atom stereocenters. The lowest BCUT2D eigenvalue weighted by atomic mass is 10.1. The van der Waals surface area contributed by atoms with Gasteiger partial charge in [0.05, 0.1) is 0 Å². The van der Waals surface area contributed by atoms with Gasteiger partial charge in [-0.25, -0.2) is 9.97 Å². The van der Waals surface area contributed by atoms with E-state index in [4.69, 9.17) is 5.73 Å². The Bertz CT molecular complexity index is 883. The van der Waals surface area contributed by atoms with Gasteiger partial charge in [-0.1, -0.05) is 18.2 Å². The van der Waals surface area contributed by atoms with Gasteiger partial charge in [-0.15, -0.1) is 0 Å². The van der Waals surface area contributed by atoms with Crippen LogP contribution in [0.3, 0.4) is 0 Å². The first-order valence-corrected chi connectivity index (χ1v) is 7.54. The highest BCUT2D eigenvalue weighted by Crippen LogP contribution is 2.24. The Morgan fingerprint density at radius 1 is 1.04 bits per heavy atom. The van der Waals surface area contributed by atoms with Gasteiger partial charge in [0.1, 0.15) is 12.0 Å². The van der Waals surface area contributed by atoms with E-state index >= 15 is 0 Å². The molecule has 2 aromatic heterocycles. The molecule has 5 N–H and O–H groups in total. The van der Waals surface area contributed by atoms with Crippen LogP contribution in [0.2, 0.25) is 0 Å². The van der Waals surface area contributed by atoms with Crippen molar-refractivity contribution >= 4 is 28.9 Å². The fourth-order valence-corrected chi connectivity index (χ4v) is 2.18. The summed E-state index contributed by atoms with van der Waals surface area (Å²) in [5.74, 6) is 0.446. The molecule has 8 nitrogen and oxygen atoms in total. The van der Waals surface area contributed by atoms with E-state index in [0.29, 0.717) is 17.2 Å². The Labute approximate surface area is 144 Å². The monoisotopic (exact) mass is 335 g/mol. The molecule has 0 aliphatic heterocycles. The summed E-state index contributed by atoms with van der Waals surface area (Å²) in [6.45, 7) is 1.87. The van der Waals surface area contributed by atoms with Crippen molar-refractivity contribution in [2.24, 2.45) is 0 Å². The van der Waals surface area contributed by atoms with Gasteiger partial charge in [-0.3, -0.25) is 20.6 Å². The summed E-state index contributed by atoms with van der Waals surface area (Å²) in [6, 6.07) is 10.9. The summed E-state index contributed by atoms with van der Waals surface area (Å²) < 4.78 is 0. The second-order valence-electron chi connectivity index (χ2n) is 5.24. The van der Waals surface area contributed by atoms with Crippen LogP contribution in [0.4, 0.5) is 23.0 Å². The fourth-order valence-electron chi connectivity index (χ4n) is 2.18. The standard InChI is InChI=1S/C17H17N7O/c1-11-4-2-3-5-13(11)17(25)24-23-16-14(18)15(20-10-21-16)22-12-6-8-19-9-7-12/h2-10H,18H2,1H3,(H,24,25)(H2,19,20,21,22,23). The molecule has 2 heterocycles. The zero-order chi connectivity index (χ0) is 17.6. The van der Waals surface area contributed by atoms with Gasteiger partial charge in [-0.2, -0.15) is 0 Å². The van der Waals surface area contributed by atoms with Crippen molar-refractivity contribution in [2.45, 2.75) is 6.92 Å². The topological polar surface area (TPSA) is 118 Å². The maximum atomic E-state index is 12.2. The molecule has 3 rings (SSSR count). The summed E-state index contributed by atoms with van der Waals surface area (Å²) in [5, 5.41) is 3.07. The van der Waals surface area contributed by atoms with Crippen LogP contribution in [-0.4, -0.2) is 20.9 Å². The Hall–Kier alpha value is -3.68. The highest BCUT2D eigenvalue weighted by atomic mass is 16.2. The third-order valence-corrected chi connectivity index (χ3v) is 3.51. The molecule has 0 saturated heterocycles. The van der Waals surface area contributed by atoms with Crippen molar-refractivity contribution in [1.82, 2.24) is 20.4 Å². The zero-order valence-corrected chi connectivity index (χ0v) is 13.5. The maximum Gasteiger partial charge on any atom is 0.269 e. The van der Waals surface area contributed by atoms with Crippen molar-refractivity contribution in [3.8, 4) is 0 Å². The molecule has 0 bridgehead atoms. The largest absolute Gasteiger partial charge is 0.393 e. The van der Waals surface area contributed by atoms with Crippen LogP contribution >= 0.6 is 0 Å². The lowest BCUT2D eigenvalue weighted by Crippen LogP contribution is -2.30.